The maximum Gasteiger partial charge on any atom is 0.274 e. The van der Waals surface area contributed by atoms with Crippen molar-refractivity contribution < 1.29 is 13.9 Å². The van der Waals surface area contributed by atoms with Gasteiger partial charge in [-0.05, 0) is 17.5 Å². The molecule has 1 aliphatic rings. The Bertz CT molecular complexity index is 730. The summed E-state index contributed by atoms with van der Waals surface area (Å²) in [6.45, 7) is 7.64. The van der Waals surface area contributed by atoms with Crippen molar-refractivity contribution in [3.05, 3.63) is 24.0 Å². The van der Waals surface area contributed by atoms with E-state index >= 15 is 0 Å². The molecule has 1 aromatic heterocycles. The van der Waals surface area contributed by atoms with Crippen LogP contribution in [0.3, 0.4) is 0 Å². The molecule has 6 heteroatoms. The van der Waals surface area contributed by atoms with E-state index in [4.69, 9.17) is 4.74 Å². The number of aromatic nitrogens is 1. The normalized spacial score (nSPS) is 16.6. The molecule has 1 aliphatic heterocycles. The minimum atomic E-state index is -0.318. The van der Waals surface area contributed by atoms with Crippen molar-refractivity contribution >= 4 is 27.5 Å². The highest BCUT2D eigenvalue weighted by Gasteiger charge is 2.27. The fourth-order valence-corrected chi connectivity index (χ4v) is 3.77. The van der Waals surface area contributed by atoms with Gasteiger partial charge in [-0.3, -0.25) is 4.79 Å². The third-order valence-corrected chi connectivity index (χ3v) is 5.01. The van der Waals surface area contributed by atoms with Crippen LogP contribution in [-0.4, -0.2) is 35.0 Å². The topological polar surface area (TPSA) is 42.4 Å². The predicted octanol–water partition coefficient (Wildman–Crippen LogP) is 4.24. The number of carbonyl (C=O) groups is 1. The van der Waals surface area contributed by atoms with E-state index in [1.165, 1.54) is 17.4 Å². The average Bonchev–Trinajstić information content (AvgIpc) is 2.90. The van der Waals surface area contributed by atoms with E-state index in [9.17, 15) is 9.18 Å². The summed E-state index contributed by atoms with van der Waals surface area (Å²) in [5, 5.41) is 0.509. The summed E-state index contributed by atoms with van der Waals surface area (Å²) in [5.74, 6) is -0.107. The summed E-state index contributed by atoms with van der Waals surface area (Å²) in [6, 6.07) is 4.93. The molecule has 0 spiro atoms. The molecule has 1 fully saturated rings. The van der Waals surface area contributed by atoms with Crippen LogP contribution in [0.4, 0.5) is 4.39 Å². The van der Waals surface area contributed by atoms with Crippen LogP contribution in [0.5, 0.6) is 5.19 Å². The lowest BCUT2D eigenvalue weighted by Gasteiger charge is -2.33. The number of ether oxygens (including phenoxy) is 1. The number of hydrogen-bond donors (Lipinski definition) is 0. The number of para-hydroxylation sites is 1. The number of piperidine rings is 1. The molecule has 0 aliphatic carbocycles. The highest BCUT2D eigenvalue weighted by Crippen LogP contribution is 2.31. The van der Waals surface area contributed by atoms with E-state index < -0.39 is 0 Å². The Morgan fingerprint density at radius 2 is 2.08 bits per heavy atom. The molecular weight excluding hydrogens is 327 g/mol. The first kappa shape index (κ1) is 17.1. The zero-order valence-electron chi connectivity index (χ0n) is 14.3. The van der Waals surface area contributed by atoms with Crippen LogP contribution < -0.4 is 4.74 Å². The summed E-state index contributed by atoms with van der Waals surface area (Å²) >= 11 is 1.37. The molecule has 1 amide bonds. The molecule has 2 aromatic rings. The monoisotopic (exact) mass is 350 g/mol. The van der Waals surface area contributed by atoms with Gasteiger partial charge < -0.3 is 9.64 Å². The van der Waals surface area contributed by atoms with Crippen molar-refractivity contribution in [1.82, 2.24) is 9.88 Å². The number of benzene rings is 1. The van der Waals surface area contributed by atoms with E-state index in [-0.39, 0.29) is 23.2 Å². The standard InChI is InChI=1S/C18H23FN2O2S/c1-18(2,3)11-15(22)21-9-7-12(8-10-21)23-17-20-16-13(19)5-4-6-14(16)24-17/h4-6,12H,7-11H2,1-3H3. The van der Waals surface area contributed by atoms with Crippen LogP contribution in [0.2, 0.25) is 0 Å². The fraction of sp³-hybridized carbons (Fsp3) is 0.556. The van der Waals surface area contributed by atoms with Crippen LogP contribution in [0, 0.1) is 11.2 Å². The third kappa shape index (κ3) is 4.04. The molecule has 1 saturated heterocycles. The highest BCUT2D eigenvalue weighted by atomic mass is 32.1. The molecule has 0 unspecified atom stereocenters. The fourth-order valence-electron chi connectivity index (χ4n) is 2.88. The number of amides is 1. The number of nitrogens with zero attached hydrogens (tertiary/aromatic N) is 2. The Morgan fingerprint density at radius 3 is 2.71 bits per heavy atom. The molecular formula is C18H23FN2O2S. The van der Waals surface area contributed by atoms with Gasteiger partial charge in [0, 0.05) is 32.4 Å². The summed E-state index contributed by atoms with van der Waals surface area (Å²) in [5.41, 5.74) is 0.380. The van der Waals surface area contributed by atoms with Crippen molar-refractivity contribution in [2.45, 2.75) is 46.1 Å². The number of thiazole rings is 1. The predicted molar refractivity (Wildman–Crippen MR) is 93.9 cm³/mol. The number of rotatable bonds is 3. The van der Waals surface area contributed by atoms with Crippen LogP contribution in [-0.2, 0) is 4.79 Å². The maximum absolute atomic E-state index is 13.7. The van der Waals surface area contributed by atoms with Gasteiger partial charge in [0.25, 0.3) is 5.19 Å². The van der Waals surface area contributed by atoms with Gasteiger partial charge in [-0.15, -0.1) is 0 Å². The molecule has 24 heavy (non-hydrogen) atoms. The van der Waals surface area contributed by atoms with Gasteiger partial charge >= 0.3 is 0 Å². The lowest BCUT2D eigenvalue weighted by molar-refractivity contribution is -0.134. The smallest absolute Gasteiger partial charge is 0.274 e. The number of hydrogen-bond acceptors (Lipinski definition) is 4. The van der Waals surface area contributed by atoms with Gasteiger partial charge in [0.05, 0.1) is 4.70 Å². The van der Waals surface area contributed by atoms with E-state index in [1.807, 2.05) is 11.0 Å². The van der Waals surface area contributed by atoms with E-state index in [0.29, 0.717) is 30.2 Å². The molecule has 1 aromatic carbocycles. The number of likely N-dealkylation sites (tertiary alicyclic amines) is 1. The molecule has 130 valence electrons. The maximum atomic E-state index is 13.7. The van der Waals surface area contributed by atoms with Gasteiger partial charge in [0.1, 0.15) is 17.4 Å². The minimum absolute atomic E-state index is 0.00943. The van der Waals surface area contributed by atoms with Gasteiger partial charge in [-0.2, -0.15) is 4.98 Å². The van der Waals surface area contributed by atoms with Gasteiger partial charge in [-0.1, -0.05) is 38.2 Å². The van der Waals surface area contributed by atoms with Gasteiger partial charge in [0.15, 0.2) is 0 Å². The van der Waals surface area contributed by atoms with Crippen molar-refractivity contribution in [2.24, 2.45) is 5.41 Å². The van der Waals surface area contributed by atoms with Crippen molar-refractivity contribution in [1.29, 1.82) is 0 Å². The molecule has 0 N–H and O–H groups in total. The van der Waals surface area contributed by atoms with Crippen molar-refractivity contribution in [2.75, 3.05) is 13.1 Å². The first-order chi connectivity index (χ1) is 11.3. The zero-order valence-corrected chi connectivity index (χ0v) is 15.2. The quantitative estimate of drug-likeness (QED) is 0.831. The highest BCUT2D eigenvalue weighted by molar-refractivity contribution is 7.20. The first-order valence-corrected chi connectivity index (χ1v) is 9.13. The second-order valence-electron chi connectivity index (χ2n) is 7.50. The van der Waals surface area contributed by atoms with Gasteiger partial charge in [-0.25, -0.2) is 4.39 Å². The largest absolute Gasteiger partial charge is 0.467 e. The number of fused-ring (bicyclic) bond motifs is 1. The van der Waals surface area contributed by atoms with E-state index in [2.05, 4.69) is 25.8 Å². The molecule has 0 bridgehead atoms. The second kappa shape index (κ2) is 6.67. The molecule has 0 atom stereocenters. The van der Waals surface area contributed by atoms with Crippen LogP contribution in [0.25, 0.3) is 10.2 Å². The molecule has 0 saturated carbocycles. The van der Waals surface area contributed by atoms with E-state index in [0.717, 1.165) is 17.5 Å². The summed E-state index contributed by atoms with van der Waals surface area (Å²) in [6.07, 6.45) is 2.17. The number of carbonyl (C=O) groups excluding carboxylic acids is 1. The van der Waals surface area contributed by atoms with Crippen LogP contribution in [0.1, 0.15) is 40.0 Å². The zero-order chi connectivity index (χ0) is 17.3. The molecule has 2 heterocycles. The Kier molecular flexibility index (Phi) is 4.76. The Balaban J connectivity index is 1.57. The van der Waals surface area contributed by atoms with Crippen LogP contribution in [0.15, 0.2) is 18.2 Å². The van der Waals surface area contributed by atoms with Crippen molar-refractivity contribution in [3.8, 4) is 5.19 Å². The van der Waals surface area contributed by atoms with E-state index in [1.54, 1.807) is 6.07 Å². The SMILES string of the molecule is CC(C)(C)CC(=O)N1CCC(Oc2nc3c(F)cccc3s2)CC1. The van der Waals surface area contributed by atoms with Gasteiger partial charge in [0.2, 0.25) is 5.91 Å². The Labute approximate surface area is 145 Å². The summed E-state index contributed by atoms with van der Waals surface area (Å²) < 4.78 is 20.4. The summed E-state index contributed by atoms with van der Waals surface area (Å²) in [7, 11) is 0. The lowest BCUT2D eigenvalue weighted by atomic mass is 9.91. The van der Waals surface area contributed by atoms with Crippen molar-refractivity contribution in [3.63, 3.8) is 0 Å². The molecule has 0 radical (unpaired) electrons. The molecule has 3 rings (SSSR count). The van der Waals surface area contributed by atoms with Crippen LogP contribution >= 0.6 is 11.3 Å². The number of halogens is 1. The lowest BCUT2D eigenvalue weighted by Crippen LogP contribution is -2.42. The average molecular weight is 350 g/mol. The molecule has 4 nitrogen and oxygen atoms in total. The minimum Gasteiger partial charge on any atom is -0.467 e. The first-order valence-electron chi connectivity index (χ1n) is 8.31. The summed E-state index contributed by atoms with van der Waals surface area (Å²) in [4.78, 5) is 18.4. The second-order valence-corrected chi connectivity index (χ2v) is 8.49. The third-order valence-electron chi connectivity index (χ3n) is 4.09. The Hall–Kier alpha value is -1.69. The Morgan fingerprint density at radius 1 is 1.38 bits per heavy atom.